The molecule has 1 heterocycles. The molecule has 0 radical (unpaired) electrons. The fraction of sp³-hybridized carbons (Fsp3) is 0.214. The second-order valence-electron chi connectivity index (χ2n) is 4.04. The van der Waals surface area contributed by atoms with Gasteiger partial charge in [-0.1, -0.05) is 6.07 Å². The van der Waals surface area contributed by atoms with Crippen molar-refractivity contribution in [2.75, 3.05) is 11.6 Å². The molecule has 1 aromatic heterocycles. The van der Waals surface area contributed by atoms with Gasteiger partial charge in [0.15, 0.2) is 0 Å². The molecular weight excluding hydrogens is 246 g/mol. The largest absolute Gasteiger partial charge is 0.469 e. The molecule has 0 fully saturated rings. The van der Waals surface area contributed by atoms with Gasteiger partial charge in [0.25, 0.3) is 5.91 Å². The smallest absolute Gasteiger partial charge is 0.259 e. The van der Waals surface area contributed by atoms with Crippen LogP contribution in [0.3, 0.4) is 0 Å². The molecule has 1 aromatic carbocycles. The number of hydrogen-bond acceptors (Lipinski definition) is 3. The van der Waals surface area contributed by atoms with E-state index in [2.05, 4.69) is 5.32 Å². The zero-order chi connectivity index (χ0) is 13.1. The van der Waals surface area contributed by atoms with Crippen molar-refractivity contribution in [2.24, 2.45) is 0 Å². The zero-order valence-corrected chi connectivity index (χ0v) is 11.4. The highest BCUT2D eigenvalue weighted by molar-refractivity contribution is 7.98. The molecule has 2 rings (SSSR count). The average molecular weight is 261 g/mol. The maximum Gasteiger partial charge on any atom is 0.259 e. The lowest BCUT2D eigenvalue weighted by molar-refractivity contribution is 0.102. The van der Waals surface area contributed by atoms with Gasteiger partial charge in [0.2, 0.25) is 0 Å². The van der Waals surface area contributed by atoms with E-state index in [4.69, 9.17) is 4.42 Å². The van der Waals surface area contributed by atoms with E-state index in [1.54, 1.807) is 24.9 Å². The Morgan fingerprint density at radius 2 is 2.11 bits per heavy atom. The van der Waals surface area contributed by atoms with Gasteiger partial charge in [0.1, 0.15) is 5.76 Å². The molecule has 1 amide bonds. The van der Waals surface area contributed by atoms with Crippen LogP contribution in [-0.2, 0) is 0 Å². The van der Waals surface area contributed by atoms with E-state index in [-0.39, 0.29) is 5.91 Å². The number of anilines is 1. The Hall–Kier alpha value is -1.68. The Kier molecular flexibility index (Phi) is 3.77. The van der Waals surface area contributed by atoms with Crippen LogP contribution in [0.1, 0.15) is 21.7 Å². The third kappa shape index (κ3) is 2.59. The molecule has 0 aliphatic heterocycles. The van der Waals surface area contributed by atoms with Gasteiger partial charge in [0, 0.05) is 16.1 Å². The Morgan fingerprint density at radius 3 is 2.72 bits per heavy atom. The van der Waals surface area contributed by atoms with Crippen LogP contribution in [0.5, 0.6) is 0 Å². The molecule has 0 spiro atoms. The van der Waals surface area contributed by atoms with E-state index in [1.807, 2.05) is 37.4 Å². The molecule has 0 aliphatic carbocycles. The molecule has 0 saturated carbocycles. The number of furan rings is 1. The summed E-state index contributed by atoms with van der Waals surface area (Å²) in [7, 11) is 0. The first kappa shape index (κ1) is 12.8. The molecule has 0 bridgehead atoms. The van der Waals surface area contributed by atoms with Crippen LogP contribution >= 0.6 is 11.8 Å². The summed E-state index contributed by atoms with van der Waals surface area (Å²) in [5.74, 6) is 0.517. The lowest BCUT2D eigenvalue weighted by Gasteiger charge is -2.06. The van der Waals surface area contributed by atoms with Crippen molar-refractivity contribution in [1.29, 1.82) is 0 Å². The second-order valence-corrected chi connectivity index (χ2v) is 4.92. The minimum atomic E-state index is -0.128. The molecular formula is C14H15NO2S. The van der Waals surface area contributed by atoms with Gasteiger partial charge < -0.3 is 9.73 Å². The Labute approximate surface area is 111 Å². The molecule has 0 unspecified atom stereocenters. The van der Waals surface area contributed by atoms with Crippen LogP contribution in [0, 0.1) is 13.8 Å². The minimum Gasteiger partial charge on any atom is -0.469 e. The number of thioether (sulfide) groups is 1. The quantitative estimate of drug-likeness (QED) is 0.853. The topological polar surface area (TPSA) is 42.2 Å². The summed E-state index contributed by atoms with van der Waals surface area (Å²) in [5, 5.41) is 2.89. The van der Waals surface area contributed by atoms with Crippen molar-refractivity contribution in [3.8, 4) is 0 Å². The van der Waals surface area contributed by atoms with E-state index in [0.717, 1.165) is 16.1 Å². The maximum atomic E-state index is 12.1. The minimum absolute atomic E-state index is 0.128. The van der Waals surface area contributed by atoms with Crippen LogP contribution < -0.4 is 5.32 Å². The summed E-state index contributed by atoms with van der Waals surface area (Å²) in [6, 6.07) is 7.76. The number of carbonyl (C=O) groups is 1. The van der Waals surface area contributed by atoms with E-state index in [9.17, 15) is 4.79 Å². The van der Waals surface area contributed by atoms with Crippen LogP contribution in [0.2, 0.25) is 0 Å². The third-order valence-corrected chi connectivity index (χ3v) is 3.44. The van der Waals surface area contributed by atoms with Crippen LogP contribution in [0.4, 0.5) is 5.69 Å². The Balaban J connectivity index is 2.21. The van der Waals surface area contributed by atoms with Crippen molar-refractivity contribution in [1.82, 2.24) is 0 Å². The van der Waals surface area contributed by atoms with Crippen molar-refractivity contribution in [3.05, 3.63) is 47.4 Å². The van der Waals surface area contributed by atoms with Crippen molar-refractivity contribution < 1.29 is 9.21 Å². The van der Waals surface area contributed by atoms with E-state index in [1.165, 1.54) is 0 Å². The first-order valence-corrected chi connectivity index (χ1v) is 6.84. The maximum absolute atomic E-state index is 12.1. The Bertz CT molecular complexity index is 555. The summed E-state index contributed by atoms with van der Waals surface area (Å²) in [4.78, 5) is 13.3. The van der Waals surface area contributed by atoms with E-state index < -0.39 is 0 Å². The molecule has 0 atom stereocenters. The standard InChI is InChI=1S/C14H15NO2S/c1-9-8-17-10(2)13(9)14(16)15-11-5-4-6-12(7-11)18-3/h4-8H,1-3H3,(H,15,16). The van der Waals surface area contributed by atoms with Crippen molar-refractivity contribution in [2.45, 2.75) is 18.7 Å². The summed E-state index contributed by atoms with van der Waals surface area (Å²) >= 11 is 1.64. The predicted molar refractivity (Wildman–Crippen MR) is 74.4 cm³/mol. The van der Waals surface area contributed by atoms with Crippen LogP contribution in [0.15, 0.2) is 39.8 Å². The van der Waals surface area contributed by atoms with E-state index >= 15 is 0 Å². The summed E-state index contributed by atoms with van der Waals surface area (Å²) < 4.78 is 5.23. The predicted octanol–water partition coefficient (Wildman–Crippen LogP) is 3.87. The van der Waals surface area contributed by atoms with Gasteiger partial charge in [-0.2, -0.15) is 0 Å². The molecule has 0 saturated heterocycles. The number of carbonyl (C=O) groups excluding carboxylic acids is 1. The molecule has 1 N–H and O–H groups in total. The molecule has 3 nitrogen and oxygen atoms in total. The molecule has 94 valence electrons. The number of benzene rings is 1. The number of aryl methyl sites for hydroxylation is 2. The second kappa shape index (κ2) is 5.31. The lowest BCUT2D eigenvalue weighted by Crippen LogP contribution is -2.13. The average Bonchev–Trinajstić information content (AvgIpc) is 2.69. The first-order valence-electron chi connectivity index (χ1n) is 5.62. The first-order chi connectivity index (χ1) is 8.61. The molecule has 2 aromatic rings. The summed E-state index contributed by atoms with van der Waals surface area (Å²) in [6.45, 7) is 3.66. The van der Waals surface area contributed by atoms with Crippen molar-refractivity contribution >= 4 is 23.4 Å². The fourth-order valence-corrected chi connectivity index (χ4v) is 2.27. The SMILES string of the molecule is CSc1cccc(NC(=O)c2c(C)coc2C)c1. The summed E-state index contributed by atoms with van der Waals surface area (Å²) in [5.41, 5.74) is 2.27. The van der Waals surface area contributed by atoms with Crippen molar-refractivity contribution in [3.63, 3.8) is 0 Å². The number of nitrogens with one attached hydrogen (secondary N) is 1. The monoisotopic (exact) mass is 261 g/mol. The lowest BCUT2D eigenvalue weighted by atomic mass is 10.1. The highest BCUT2D eigenvalue weighted by Gasteiger charge is 2.15. The molecule has 0 aliphatic rings. The van der Waals surface area contributed by atoms with Gasteiger partial charge in [-0.3, -0.25) is 4.79 Å². The number of rotatable bonds is 3. The molecule has 4 heteroatoms. The zero-order valence-electron chi connectivity index (χ0n) is 10.6. The third-order valence-electron chi connectivity index (χ3n) is 2.71. The van der Waals surface area contributed by atoms with Crippen LogP contribution in [-0.4, -0.2) is 12.2 Å². The highest BCUT2D eigenvalue weighted by Crippen LogP contribution is 2.21. The van der Waals surface area contributed by atoms with Gasteiger partial charge in [-0.15, -0.1) is 11.8 Å². The normalized spacial score (nSPS) is 10.4. The Morgan fingerprint density at radius 1 is 1.33 bits per heavy atom. The van der Waals surface area contributed by atoms with Gasteiger partial charge in [-0.25, -0.2) is 0 Å². The van der Waals surface area contributed by atoms with Gasteiger partial charge >= 0.3 is 0 Å². The number of hydrogen-bond donors (Lipinski definition) is 1. The number of amides is 1. The van der Waals surface area contributed by atoms with Gasteiger partial charge in [-0.05, 0) is 38.3 Å². The van der Waals surface area contributed by atoms with Crippen LogP contribution in [0.25, 0.3) is 0 Å². The summed E-state index contributed by atoms with van der Waals surface area (Å²) in [6.07, 6.45) is 3.61. The highest BCUT2D eigenvalue weighted by atomic mass is 32.2. The van der Waals surface area contributed by atoms with Gasteiger partial charge in [0.05, 0.1) is 11.8 Å². The van der Waals surface area contributed by atoms with E-state index in [0.29, 0.717) is 11.3 Å². The molecule has 18 heavy (non-hydrogen) atoms. The fourth-order valence-electron chi connectivity index (χ4n) is 1.81.